The van der Waals surface area contributed by atoms with Crippen molar-refractivity contribution in [2.75, 3.05) is 18.5 Å². The third kappa shape index (κ3) is 3.43. The molecule has 1 aromatic rings. The fraction of sp³-hybridized carbons (Fsp3) is 0.529. The highest BCUT2D eigenvalue weighted by Gasteiger charge is 2.34. The van der Waals surface area contributed by atoms with Crippen LogP contribution in [0.1, 0.15) is 44.1 Å². The average Bonchev–Trinajstić information content (AvgIpc) is 2.54. The lowest BCUT2D eigenvalue weighted by atomic mass is 9.71. The van der Waals surface area contributed by atoms with Gasteiger partial charge in [0.15, 0.2) is 0 Å². The lowest BCUT2D eigenvalue weighted by Gasteiger charge is -2.36. The first-order valence-electron chi connectivity index (χ1n) is 7.58. The van der Waals surface area contributed by atoms with Crippen LogP contribution in [-0.4, -0.2) is 19.5 Å². The van der Waals surface area contributed by atoms with Gasteiger partial charge in [0, 0.05) is 13.5 Å². The summed E-state index contributed by atoms with van der Waals surface area (Å²) in [5, 5.41) is 9.16. The van der Waals surface area contributed by atoms with Crippen molar-refractivity contribution in [3.05, 3.63) is 29.8 Å². The first-order valence-corrected chi connectivity index (χ1v) is 7.58. The molecule has 0 aliphatic heterocycles. The molecule has 21 heavy (non-hydrogen) atoms. The highest BCUT2D eigenvalue weighted by atomic mass is 16.2. The highest BCUT2D eigenvalue weighted by molar-refractivity contribution is 5.94. The molecule has 0 radical (unpaired) electrons. The summed E-state index contributed by atoms with van der Waals surface area (Å²) in [7, 11) is 1.74. The predicted octanol–water partition coefficient (Wildman–Crippen LogP) is 2.82. The molecule has 0 atom stereocenters. The first-order chi connectivity index (χ1) is 10.1. The monoisotopic (exact) mass is 285 g/mol. The van der Waals surface area contributed by atoms with E-state index in [1.165, 1.54) is 6.42 Å². The van der Waals surface area contributed by atoms with E-state index in [1.54, 1.807) is 18.0 Å². The molecule has 4 heteroatoms. The van der Waals surface area contributed by atoms with Crippen molar-refractivity contribution in [2.45, 2.75) is 38.5 Å². The fourth-order valence-electron chi connectivity index (χ4n) is 3.19. The molecule has 4 nitrogen and oxygen atoms in total. The van der Waals surface area contributed by atoms with Crippen molar-refractivity contribution in [1.29, 1.82) is 5.26 Å². The second-order valence-electron chi connectivity index (χ2n) is 6.02. The second-order valence-corrected chi connectivity index (χ2v) is 6.02. The van der Waals surface area contributed by atoms with Gasteiger partial charge >= 0.3 is 0 Å². The molecule has 0 unspecified atom stereocenters. The van der Waals surface area contributed by atoms with Crippen LogP contribution in [0.4, 0.5) is 5.69 Å². The third-order valence-corrected chi connectivity index (χ3v) is 4.63. The van der Waals surface area contributed by atoms with Crippen LogP contribution in [-0.2, 0) is 4.79 Å². The number of anilines is 1. The molecular weight excluding hydrogens is 262 g/mol. The van der Waals surface area contributed by atoms with Crippen LogP contribution in [0.5, 0.6) is 0 Å². The maximum Gasteiger partial charge on any atom is 0.227 e. The number of nitriles is 1. The Balaban J connectivity index is 2.14. The van der Waals surface area contributed by atoms with Crippen LogP contribution < -0.4 is 10.6 Å². The summed E-state index contributed by atoms with van der Waals surface area (Å²) in [6.07, 6.45) is 6.08. The van der Waals surface area contributed by atoms with E-state index in [4.69, 9.17) is 11.0 Å². The van der Waals surface area contributed by atoms with Crippen molar-refractivity contribution < 1.29 is 4.79 Å². The third-order valence-electron chi connectivity index (χ3n) is 4.63. The number of hydrogen-bond acceptors (Lipinski definition) is 3. The molecule has 2 N–H and O–H groups in total. The average molecular weight is 285 g/mol. The largest absolute Gasteiger partial charge is 0.330 e. The molecule has 0 aromatic heterocycles. The zero-order chi connectivity index (χ0) is 15.3. The molecule has 1 aromatic carbocycles. The van der Waals surface area contributed by atoms with Gasteiger partial charge in [0.05, 0.1) is 11.3 Å². The number of nitrogens with zero attached hydrogens (tertiary/aromatic N) is 2. The van der Waals surface area contributed by atoms with Gasteiger partial charge in [0.1, 0.15) is 6.07 Å². The molecule has 0 heterocycles. The smallest absolute Gasteiger partial charge is 0.227 e. The van der Waals surface area contributed by atoms with Gasteiger partial charge in [-0.3, -0.25) is 4.79 Å². The predicted molar refractivity (Wildman–Crippen MR) is 83.8 cm³/mol. The lowest BCUT2D eigenvalue weighted by Crippen LogP contribution is -2.39. The molecule has 1 amide bonds. The van der Waals surface area contributed by atoms with Crippen LogP contribution in [0.15, 0.2) is 24.3 Å². The Labute approximate surface area is 126 Å². The van der Waals surface area contributed by atoms with E-state index < -0.39 is 0 Å². The van der Waals surface area contributed by atoms with Gasteiger partial charge in [0.25, 0.3) is 0 Å². The van der Waals surface area contributed by atoms with E-state index in [9.17, 15) is 4.79 Å². The number of rotatable bonds is 4. The molecule has 1 saturated carbocycles. The molecule has 2 rings (SSSR count). The Morgan fingerprint density at radius 1 is 1.33 bits per heavy atom. The van der Waals surface area contributed by atoms with E-state index in [1.807, 2.05) is 18.2 Å². The molecule has 112 valence electrons. The summed E-state index contributed by atoms with van der Waals surface area (Å²) < 4.78 is 0. The number of carbonyl (C=O) groups is 1. The second kappa shape index (κ2) is 6.73. The van der Waals surface area contributed by atoms with Gasteiger partial charge < -0.3 is 10.6 Å². The number of benzene rings is 1. The van der Waals surface area contributed by atoms with Crippen LogP contribution in [0.25, 0.3) is 0 Å². The Bertz CT molecular complexity index is 541. The summed E-state index contributed by atoms with van der Waals surface area (Å²) in [6, 6.07) is 9.34. The number of hydrogen-bond donors (Lipinski definition) is 1. The maximum atomic E-state index is 12.6. The zero-order valence-electron chi connectivity index (χ0n) is 12.6. The number of nitrogens with two attached hydrogens (primary N) is 1. The maximum absolute atomic E-state index is 12.6. The van der Waals surface area contributed by atoms with Crippen molar-refractivity contribution in [1.82, 2.24) is 0 Å². The molecule has 1 aliphatic carbocycles. The van der Waals surface area contributed by atoms with Crippen molar-refractivity contribution in [2.24, 2.45) is 11.1 Å². The van der Waals surface area contributed by atoms with Gasteiger partial charge in [0.2, 0.25) is 5.91 Å². The zero-order valence-corrected chi connectivity index (χ0v) is 12.6. The summed E-state index contributed by atoms with van der Waals surface area (Å²) in [5.41, 5.74) is 7.11. The lowest BCUT2D eigenvalue weighted by molar-refractivity contribution is -0.121. The Hall–Kier alpha value is -1.86. The topological polar surface area (TPSA) is 70.1 Å². The van der Waals surface area contributed by atoms with Crippen LogP contribution in [0.2, 0.25) is 0 Å². The number of carbonyl (C=O) groups excluding carboxylic acids is 1. The molecule has 1 aliphatic rings. The standard InChI is InChI=1S/C17H23N3O/c1-20(15-8-4-3-7-14(15)12-18)16(21)11-17(13-19)9-5-2-6-10-17/h3-4,7-8H,2,5-6,9-11,13,19H2,1H3. The van der Waals surface area contributed by atoms with Crippen LogP contribution in [0.3, 0.4) is 0 Å². The van der Waals surface area contributed by atoms with Crippen molar-refractivity contribution in [3.8, 4) is 6.07 Å². The van der Waals surface area contributed by atoms with E-state index in [0.717, 1.165) is 25.7 Å². The minimum Gasteiger partial charge on any atom is -0.330 e. The van der Waals surface area contributed by atoms with E-state index in [-0.39, 0.29) is 11.3 Å². The fourth-order valence-corrected chi connectivity index (χ4v) is 3.19. The van der Waals surface area contributed by atoms with Gasteiger partial charge in [-0.2, -0.15) is 5.26 Å². The van der Waals surface area contributed by atoms with E-state index in [2.05, 4.69) is 6.07 Å². The van der Waals surface area contributed by atoms with Gasteiger partial charge in [-0.15, -0.1) is 0 Å². The molecule has 0 spiro atoms. The summed E-state index contributed by atoms with van der Waals surface area (Å²) in [4.78, 5) is 14.2. The SMILES string of the molecule is CN(C(=O)CC1(CN)CCCCC1)c1ccccc1C#N. The van der Waals surface area contributed by atoms with E-state index >= 15 is 0 Å². The van der Waals surface area contributed by atoms with Gasteiger partial charge in [-0.25, -0.2) is 0 Å². The van der Waals surface area contributed by atoms with Crippen molar-refractivity contribution >= 4 is 11.6 Å². The first kappa shape index (κ1) is 15.5. The molecular formula is C17H23N3O. The number of amides is 1. The summed E-state index contributed by atoms with van der Waals surface area (Å²) in [6.45, 7) is 0.562. The molecule has 0 saturated heterocycles. The summed E-state index contributed by atoms with van der Waals surface area (Å²) >= 11 is 0. The molecule has 0 bridgehead atoms. The Morgan fingerprint density at radius 3 is 2.62 bits per heavy atom. The van der Waals surface area contributed by atoms with Crippen LogP contribution in [0, 0.1) is 16.7 Å². The highest BCUT2D eigenvalue weighted by Crippen LogP contribution is 2.39. The summed E-state index contributed by atoms with van der Waals surface area (Å²) in [5.74, 6) is 0.0463. The Kier molecular flexibility index (Phi) is 4.98. The van der Waals surface area contributed by atoms with Crippen LogP contribution >= 0.6 is 0 Å². The Morgan fingerprint density at radius 2 is 2.00 bits per heavy atom. The minimum atomic E-state index is -0.0504. The molecule has 1 fully saturated rings. The quantitative estimate of drug-likeness (QED) is 0.924. The normalized spacial score (nSPS) is 17.0. The van der Waals surface area contributed by atoms with Crippen molar-refractivity contribution in [3.63, 3.8) is 0 Å². The number of para-hydroxylation sites is 1. The minimum absolute atomic E-state index is 0.0463. The van der Waals surface area contributed by atoms with Gasteiger partial charge in [-0.1, -0.05) is 31.4 Å². The van der Waals surface area contributed by atoms with Gasteiger partial charge in [-0.05, 0) is 36.9 Å². The van der Waals surface area contributed by atoms with E-state index in [0.29, 0.717) is 24.2 Å².